The minimum atomic E-state index is -1.73. The van der Waals surface area contributed by atoms with E-state index in [0.29, 0.717) is 26.2 Å². The largest absolute Gasteiger partial charge is 0.484 e. The van der Waals surface area contributed by atoms with E-state index in [2.05, 4.69) is 6.58 Å². The molecule has 0 spiro atoms. The number of carbonyl (C=O) groups is 1. The summed E-state index contributed by atoms with van der Waals surface area (Å²) in [6, 6.07) is 0. The summed E-state index contributed by atoms with van der Waals surface area (Å²) < 4.78 is 15.7. The molecule has 0 N–H and O–H groups in total. The quantitative estimate of drug-likeness (QED) is 0.472. The van der Waals surface area contributed by atoms with E-state index in [1.165, 1.54) is 6.08 Å². The van der Waals surface area contributed by atoms with E-state index in [-0.39, 0.29) is 5.78 Å². The monoisotopic (exact) mass is 262 g/mol. The van der Waals surface area contributed by atoms with Gasteiger partial charge in [-0.3, -0.25) is 4.79 Å². The second-order valence-electron chi connectivity index (χ2n) is 3.08. The highest BCUT2D eigenvalue weighted by atomic mass is 28.3. The van der Waals surface area contributed by atoms with Crippen LogP contribution in [0.1, 0.15) is 40.5 Å². The highest BCUT2D eigenvalue weighted by Gasteiger charge is 2.11. The average molecular weight is 262 g/mol. The molecule has 0 saturated heterocycles. The standard InChI is InChI=1S/C6H16O3Si.C6H10O/c1-4-7-10(8-5-2)9-6-3;1-3-5-6(7)4-2/h10H,4-6H2,1-3H3;4H,2-3,5H2,1H3. The summed E-state index contributed by atoms with van der Waals surface area (Å²) in [6.45, 7) is 13.2. The van der Waals surface area contributed by atoms with Crippen LogP contribution in [0.15, 0.2) is 12.7 Å². The van der Waals surface area contributed by atoms with Gasteiger partial charge in [-0.1, -0.05) is 13.5 Å². The van der Waals surface area contributed by atoms with Crippen LogP contribution in [0.3, 0.4) is 0 Å². The first kappa shape index (κ1) is 18.9. The molecule has 0 atom stereocenters. The number of hydrogen-bond donors (Lipinski definition) is 0. The van der Waals surface area contributed by atoms with Gasteiger partial charge in [-0.25, -0.2) is 0 Å². The number of ketones is 1. The van der Waals surface area contributed by atoms with Crippen LogP contribution in [0.25, 0.3) is 0 Å². The molecule has 5 heteroatoms. The highest BCUT2D eigenvalue weighted by Crippen LogP contribution is 1.91. The van der Waals surface area contributed by atoms with Gasteiger partial charge in [-0.15, -0.1) is 0 Å². The first-order valence-electron chi connectivity index (χ1n) is 6.16. The molecule has 0 saturated carbocycles. The third kappa shape index (κ3) is 15.5. The summed E-state index contributed by atoms with van der Waals surface area (Å²) in [5.41, 5.74) is 0. The van der Waals surface area contributed by atoms with E-state index in [4.69, 9.17) is 13.3 Å². The van der Waals surface area contributed by atoms with Crippen molar-refractivity contribution in [3.8, 4) is 0 Å². The Bertz CT molecular complexity index is 171. The molecule has 0 heterocycles. The van der Waals surface area contributed by atoms with Crippen molar-refractivity contribution in [1.82, 2.24) is 0 Å². The van der Waals surface area contributed by atoms with Gasteiger partial charge in [0.1, 0.15) is 0 Å². The molecule has 0 aromatic carbocycles. The number of carbonyl (C=O) groups excluding carboxylic acids is 1. The Labute approximate surface area is 107 Å². The summed E-state index contributed by atoms with van der Waals surface area (Å²) in [5.74, 6) is 0.141. The lowest BCUT2D eigenvalue weighted by molar-refractivity contribution is -0.114. The molecular weight excluding hydrogens is 236 g/mol. The Kier molecular flexibility index (Phi) is 17.2. The molecule has 0 aromatic rings. The van der Waals surface area contributed by atoms with Crippen molar-refractivity contribution in [2.45, 2.75) is 40.5 Å². The number of allylic oxidation sites excluding steroid dienone is 1. The van der Waals surface area contributed by atoms with E-state index in [1.807, 2.05) is 27.7 Å². The third-order valence-corrected chi connectivity index (χ3v) is 3.45. The summed E-state index contributed by atoms with van der Waals surface area (Å²) in [4.78, 5) is 10.3. The summed E-state index contributed by atoms with van der Waals surface area (Å²) in [6.07, 6.45) is 2.93. The zero-order chi connectivity index (χ0) is 13.5. The fourth-order valence-electron chi connectivity index (χ4n) is 0.901. The van der Waals surface area contributed by atoms with Gasteiger partial charge in [-0.2, -0.15) is 0 Å². The van der Waals surface area contributed by atoms with Gasteiger partial charge < -0.3 is 13.3 Å². The van der Waals surface area contributed by atoms with Crippen LogP contribution in [-0.4, -0.2) is 35.1 Å². The summed E-state index contributed by atoms with van der Waals surface area (Å²) in [7, 11) is -1.73. The lowest BCUT2D eigenvalue weighted by Gasteiger charge is -2.12. The maximum atomic E-state index is 10.3. The molecule has 0 bridgehead atoms. The highest BCUT2D eigenvalue weighted by molar-refractivity contribution is 6.36. The molecule has 17 heavy (non-hydrogen) atoms. The van der Waals surface area contributed by atoms with E-state index < -0.39 is 9.53 Å². The van der Waals surface area contributed by atoms with Crippen molar-refractivity contribution < 1.29 is 18.1 Å². The molecular formula is C12H26O4Si. The van der Waals surface area contributed by atoms with Crippen molar-refractivity contribution in [3.05, 3.63) is 12.7 Å². The van der Waals surface area contributed by atoms with Crippen molar-refractivity contribution in [2.75, 3.05) is 19.8 Å². The predicted molar refractivity (Wildman–Crippen MR) is 72.1 cm³/mol. The number of rotatable bonds is 9. The molecule has 102 valence electrons. The van der Waals surface area contributed by atoms with E-state index in [0.717, 1.165) is 6.42 Å². The zero-order valence-corrected chi connectivity index (χ0v) is 12.7. The van der Waals surface area contributed by atoms with Crippen LogP contribution < -0.4 is 0 Å². The van der Waals surface area contributed by atoms with Crippen LogP contribution in [0.2, 0.25) is 0 Å². The normalized spacial score (nSPS) is 9.71. The summed E-state index contributed by atoms with van der Waals surface area (Å²) >= 11 is 0. The first-order valence-corrected chi connectivity index (χ1v) is 7.57. The van der Waals surface area contributed by atoms with Crippen LogP contribution in [-0.2, 0) is 18.1 Å². The molecule has 0 aliphatic heterocycles. The number of hydrogen-bond acceptors (Lipinski definition) is 4. The molecule has 0 aromatic heterocycles. The molecule has 0 unspecified atom stereocenters. The van der Waals surface area contributed by atoms with E-state index in [9.17, 15) is 4.79 Å². The Morgan fingerprint density at radius 1 is 1.06 bits per heavy atom. The molecule has 0 aliphatic carbocycles. The van der Waals surface area contributed by atoms with Gasteiger partial charge in [0.05, 0.1) is 0 Å². The fourth-order valence-corrected chi connectivity index (χ4v) is 2.01. The van der Waals surface area contributed by atoms with E-state index in [1.54, 1.807) is 0 Å². The molecule has 0 aliphatic rings. The van der Waals surface area contributed by atoms with Crippen molar-refractivity contribution in [2.24, 2.45) is 0 Å². The fraction of sp³-hybridized carbons (Fsp3) is 0.750. The topological polar surface area (TPSA) is 44.8 Å². The lowest BCUT2D eigenvalue weighted by Crippen LogP contribution is -2.27. The Balaban J connectivity index is 0. The first-order chi connectivity index (χ1) is 8.15. The van der Waals surface area contributed by atoms with Crippen molar-refractivity contribution >= 4 is 15.3 Å². The van der Waals surface area contributed by atoms with E-state index >= 15 is 0 Å². The SMILES string of the molecule is C=CC(=O)CCC.CCO[SiH](OCC)OCC. The van der Waals surface area contributed by atoms with Gasteiger partial charge in [-0.05, 0) is 33.3 Å². The molecule has 0 radical (unpaired) electrons. The smallest absolute Gasteiger partial charge is 0.376 e. The predicted octanol–water partition coefficient (Wildman–Crippen LogP) is 2.35. The van der Waals surface area contributed by atoms with Gasteiger partial charge in [0.15, 0.2) is 5.78 Å². The second kappa shape index (κ2) is 15.5. The van der Waals surface area contributed by atoms with Gasteiger partial charge in [0.25, 0.3) is 0 Å². The average Bonchev–Trinajstić information content (AvgIpc) is 2.31. The lowest BCUT2D eigenvalue weighted by atomic mass is 10.2. The molecule has 0 rings (SSSR count). The van der Waals surface area contributed by atoms with Crippen LogP contribution in [0.5, 0.6) is 0 Å². The molecule has 0 amide bonds. The summed E-state index contributed by atoms with van der Waals surface area (Å²) in [5, 5.41) is 0. The third-order valence-electron chi connectivity index (χ3n) is 1.63. The minimum Gasteiger partial charge on any atom is -0.376 e. The second-order valence-corrected chi connectivity index (χ2v) is 4.65. The van der Waals surface area contributed by atoms with Crippen LogP contribution in [0.4, 0.5) is 0 Å². The zero-order valence-electron chi connectivity index (χ0n) is 11.5. The Hall–Kier alpha value is -0.493. The maximum absolute atomic E-state index is 10.3. The van der Waals surface area contributed by atoms with Crippen LogP contribution >= 0.6 is 0 Å². The maximum Gasteiger partial charge on any atom is 0.484 e. The van der Waals surface area contributed by atoms with Crippen molar-refractivity contribution in [1.29, 1.82) is 0 Å². The molecule has 0 fully saturated rings. The van der Waals surface area contributed by atoms with Crippen LogP contribution in [0, 0.1) is 0 Å². The molecule has 4 nitrogen and oxygen atoms in total. The minimum absolute atomic E-state index is 0.141. The van der Waals surface area contributed by atoms with Gasteiger partial charge in [0, 0.05) is 26.2 Å². The van der Waals surface area contributed by atoms with Crippen molar-refractivity contribution in [3.63, 3.8) is 0 Å². The van der Waals surface area contributed by atoms with Gasteiger partial charge in [0.2, 0.25) is 0 Å². The Morgan fingerprint density at radius 2 is 1.47 bits per heavy atom. The van der Waals surface area contributed by atoms with Gasteiger partial charge >= 0.3 is 9.53 Å². The Morgan fingerprint density at radius 3 is 1.65 bits per heavy atom.